The van der Waals surface area contributed by atoms with E-state index in [0.717, 1.165) is 6.07 Å². The molecule has 5 nitrogen and oxygen atoms in total. The molecule has 2 N–H and O–H groups in total. The first-order valence-electron chi connectivity index (χ1n) is 8.20. The Morgan fingerprint density at radius 1 is 1.20 bits per heavy atom. The maximum atomic E-state index is 13.1. The molecule has 138 valence electrons. The lowest BCUT2D eigenvalue weighted by atomic mass is 9.80. The zero-order chi connectivity index (χ0) is 18.2. The SMILES string of the molecule is O=C(c1ccccc1C(F)(F)F)N1CCC2(CC1)OCC[C@H](O)[C@@H]2O. The van der Waals surface area contributed by atoms with Crippen LogP contribution >= 0.6 is 0 Å². The predicted octanol–water partition coefficient (Wildman–Crippen LogP) is 1.82. The van der Waals surface area contributed by atoms with E-state index in [9.17, 15) is 28.2 Å². The smallest absolute Gasteiger partial charge is 0.390 e. The number of rotatable bonds is 1. The van der Waals surface area contributed by atoms with Crippen LogP contribution in [0.3, 0.4) is 0 Å². The fraction of sp³-hybridized carbons (Fsp3) is 0.588. The summed E-state index contributed by atoms with van der Waals surface area (Å²) in [4.78, 5) is 13.9. The van der Waals surface area contributed by atoms with Gasteiger partial charge in [0, 0.05) is 13.1 Å². The normalized spacial score (nSPS) is 26.7. The lowest BCUT2D eigenvalue weighted by Crippen LogP contribution is -2.60. The number of piperidine rings is 1. The number of benzene rings is 1. The van der Waals surface area contributed by atoms with Gasteiger partial charge in [0.2, 0.25) is 0 Å². The molecule has 0 unspecified atom stereocenters. The van der Waals surface area contributed by atoms with Crippen molar-refractivity contribution in [3.05, 3.63) is 35.4 Å². The van der Waals surface area contributed by atoms with Gasteiger partial charge < -0.3 is 19.8 Å². The summed E-state index contributed by atoms with van der Waals surface area (Å²) in [5.41, 5.74) is -2.27. The van der Waals surface area contributed by atoms with E-state index in [4.69, 9.17) is 4.74 Å². The third-order valence-electron chi connectivity index (χ3n) is 5.07. The molecule has 3 rings (SSSR count). The summed E-state index contributed by atoms with van der Waals surface area (Å²) in [5, 5.41) is 20.1. The molecule has 8 heteroatoms. The minimum absolute atomic E-state index is 0.162. The topological polar surface area (TPSA) is 70.0 Å². The third-order valence-corrected chi connectivity index (χ3v) is 5.07. The highest BCUT2D eigenvalue weighted by molar-refractivity contribution is 5.96. The summed E-state index contributed by atoms with van der Waals surface area (Å²) in [5.74, 6) is -0.686. The van der Waals surface area contributed by atoms with Gasteiger partial charge in [-0.15, -0.1) is 0 Å². The van der Waals surface area contributed by atoms with Gasteiger partial charge in [-0.3, -0.25) is 4.79 Å². The summed E-state index contributed by atoms with van der Waals surface area (Å²) in [6.07, 6.45) is -5.67. The lowest BCUT2D eigenvalue weighted by Gasteiger charge is -2.48. The summed E-state index contributed by atoms with van der Waals surface area (Å²) >= 11 is 0. The largest absolute Gasteiger partial charge is 0.417 e. The first kappa shape index (κ1) is 18.2. The van der Waals surface area contributed by atoms with E-state index in [2.05, 4.69) is 0 Å². The minimum atomic E-state index is -4.60. The summed E-state index contributed by atoms with van der Waals surface area (Å²) in [6.45, 7) is 0.632. The standard InChI is InChI=1S/C17H20F3NO4/c18-17(19,20)12-4-2-1-3-11(12)15(24)21-8-6-16(7-9-21)14(23)13(22)5-10-25-16/h1-4,13-14,22-23H,5-10H2/t13-,14-/m0/s1. The Labute approximate surface area is 143 Å². The van der Waals surface area contributed by atoms with Crippen LogP contribution in [-0.2, 0) is 10.9 Å². The maximum absolute atomic E-state index is 13.1. The minimum Gasteiger partial charge on any atom is -0.390 e. The second kappa shape index (κ2) is 6.59. The van der Waals surface area contributed by atoms with Gasteiger partial charge in [-0.1, -0.05) is 12.1 Å². The molecule has 25 heavy (non-hydrogen) atoms. The third kappa shape index (κ3) is 3.38. The predicted molar refractivity (Wildman–Crippen MR) is 81.9 cm³/mol. The van der Waals surface area contributed by atoms with Crippen LogP contribution in [0.1, 0.15) is 35.2 Å². The lowest BCUT2D eigenvalue weighted by molar-refractivity contribution is -0.212. The number of hydrogen-bond donors (Lipinski definition) is 2. The van der Waals surface area contributed by atoms with Gasteiger partial charge >= 0.3 is 6.18 Å². The van der Waals surface area contributed by atoms with E-state index in [1.54, 1.807) is 0 Å². The number of ether oxygens (including phenoxy) is 1. The van der Waals surface area contributed by atoms with Gasteiger partial charge in [0.1, 0.15) is 6.10 Å². The van der Waals surface area contributed by atoms with Crippen molar-refractivity contribution in [3.63, 3.8) is 0 Å². The molecule has 1 spiro atoms. The molecule has 0 bridgehead atoms. The number of halogens is 3. The van der Waals surface area contributed by atoms with Gasteiger partial charge in [0.15, 0.2) is 0 Å². The molecule has 1 aromatic rings. The average molecular weight is 359 g/mol. The van der Waals surface area contributed by atoms with Crippen molar-refractivity contribution in [2.24, 2.45) is 0 Å². The van der Waals surface area contributed by atoms with Crippen LogP contribution in [-0.4, -0.2) is 58.5 Å². The van der Waals surface area contributed by atoms with Crippen molar-refractivity contribution >= 4 is 5.91 Å². The van der Waals surface area contributed by atoms with Crippen molar-refractivity contribution < 1.29 is 32.9 Å². The highest BCUT2D eigenvalue weighted by atomic mass is 19.4. The van der Waals surface area contributed by atoms with E-state index >= 15 is 0 Å². The molecule has 0 aromatic heterocycles. The Morgan fingerprint density at radius 3 is 2.48 bits per heavy atom. The highest BCUT2D eigenvalue weighted by Crippen LogP contribution is 2.37. The molecular weight excluding hydrogens is 339 g/mol. The first-order valence-corrected chi connectivity index (χ1v) is 8.20. The van der Waals surface area contributed by atoms with E-state index in [1.807, 2.05) is 0 Å². The maximum Gasteiger partial charge on any atom is 0.417 e. The van der Waals surface area contributed by atoms with E-state index < -0.39 is 35.5 Å². The van der Waals surface area contributed by atoms with Gasteiger partial charge in [-0.2, -0.15) is 13.2 Å². The Kier molecular flexibility index (Phi) is 4.78. The number of hydrogen-bond acceptors (Lipinski definition) is 4. The van der Waals surface area contributed by atoms with E-state index in [-0.39, 0.29) is 31.5 Å². The Balaban J connectivity index is 1.75. The van der Waals surface area contributed by atoms with Crippen LogP contribution in [0.15, 0.2) is 24.3 Å². The molecule has 1 amide bonds. The number of nitrogens with zero attached hydrogens (tertiary/aromatic N) is 1. The summed E-state index contributed by atoms with van der Waals surface area (Å²) in [7, 11) is 0. The van der Waals surface area contributed by atoms with Crippen molar-refractivity contribution in [1.29, 1.82) is 0 Å². The van der Waals surface area contributed by atoms with Crippen molar-refractivity contribution in [2.45, 2.75) is 43.2 Å². The van der Waals surface area contributed by atoms with Crippen LogP contribution in [0.25, 0.3) is 0 Å². The van der Waals surface area contributed by atoms with Gasteiger partial charge in [-0.05, 0) is 31.4 Å². The van der Waals surface area contributed by atoms with Crippen LogP contribution < -0.4 is 0 Å². The number of aliphatic hydroxyl groups excluding tert-OH is 2. The highest BCUT2D eigenvalue weighted by Gasteiger charge is 2.48. The number of likely N-dealkylation sites (tertiary alicyclic amines) is 1. The number of carbonyl (C=O) groups excluding carboxylic acids is 1. The molecule has 2 saturated heterocycles. The fourth-order valence-corrected chi connectivity index (χ4v) is 3.59. The van der Waals surface area contributed by atoms with E-state index in [1.165, 1.54) is 23.1 Å². The number of amides is 1. The van der Waals surface area contributed by atoms with Crippen molar-refractivity contribution in [2.75, 3.05) is 19.7 Å². The number of carbonyl (C=O) groups is 1. The quantitative estimate of drug-likeness (QED) is 0.803. The van der Waals surface area contributed by atoms with Crippen LogP contribution in [0.5, 0.6) is 0 Å². The molecule has 1 aromatic carbocycles. The number of alkyl halides is 3. The average Bonchev–Trinajstić information content (AvgIpc) is 2.59. The van der Waals surface area contributed by atoms with Gasteiger partial charge in [0.25, 0.3) is 5.91 Å². The molecular formula is C17H20F3NO4. The second-order valence-electron chi connectivity index (χ2n) is 6.55. The van der Waals surface area contributed by atoms with Gasteiger partial charge in [0.05, 0.1) is 29.4 Å². The number of aliphatic hydroxyl groups is 2. The Morgan fingerprint density at radius 2 is 1.84 bits per heavy atom. The van der Waals surface area contributed by atoms with Crippen LogP contribution in [0.4, 0.5) is 13.2 Å². The molecule has 0 aliphatic carbocycles. The molecule has 0 saturated carbocycles. The monoisotopic (exact) mass is 359 g/mol. The molecule has 2 heterocycles. The molecule has 0 radical (unpaired) electrons. The van der Waals surface area contributed by atoms with Crippen molar-refractivity contribution in [3.8, 4) is 0 Å². The molecule has 2 aliphatic heterocycles. The summed E-state index contributed by atoms with van der Waals surface area (Å²) < 4.78 is 45.0. The fourth-order valence-electron chi connectivity index (χ4n) is 3.59. The molecule has 2 fully saturated rings. The zero-order valence-electron chi connectivity index (χ0n) is 13.5. The second-order valence-corrected chi connectivity index (χ2v) is 6.55. The van der Waals surface area contributed by atoms with Crippen LogP contribution in [0, 0.1) is 0 Å². The van der Waals surface area contributed by atoms with Crippen LogP contribution in [0.2, 0.25) is 0 Å². The van der Waals surface area contributed by atoms with Crippen molar-refractivity contribution in [1.82, 2.24) is 4.90 Å². The van der Waals surface area contributed by atoms with Gasteiger partial charge in [-0.25, -0.2) is 0 Å². The Bertz CT molecular complexity index is 641. The van der Waals surface area contributed by atoms with E-state index in [0.29, 0.717) is 13.0 Å². The first-order chi connectivity index (χ1) is 11.7. The summed E-state index contributed by atoms with van der Waals surface area (Å²) in [6, 6.07) is 4.71. The zero-order valence-corrected chi connectivity index (χ0v) is 13.5. The Hall–Kier alpha value is -1.64. The molecule has 2 atom stereocenters. The molecule has 2 aliphatic rings.